The van der Waals surface area contributed by atoms with Crippen LogP contribution in [0.4, 0.5) is 0 Å². The Morgan fingerprint density at radius 2 is 2.07 bits per heavy atom. The molecule has 3 aromatic rings. The largest absolute Gasteiger partial charge is 0.466 e. The number of ether oxygens (including phenoxy) is 1. The Bertz CT molecular complexity index is 1070. The lowest BCUT2D eigenvalue weighted by Crippen LogP contribution is -2.33. The fourth-order valence-corrected chi connectivity index (χ4v) is 3.84. The molecule has 2 heterocycles. The SMILES string of the molecule is CCOC(=O)[C@@H]1C[C@H]1CN(Cc1cc(C)n(C)n1)C(=O)c1cccc2cccnc12. The van der Waals surface area contributed by atoms with Gasteiger partial charge in [0.25, 0.3) is 5.91 Å². The Morgan fingerprint density at radius 1 is 1.27 bits per heavy atom. The van der Waals surface area contributed by atoms with E-state index < -0.39 is 0 Å². The second-order valence-corrected chi connectivity index (χ2v) is 7.82. The molecule has 1 aromatic carbocycles. The van der Waals surface area contributed by atoms with Crippen molar-refractivity contribution < 1.29 is 14.3 Å². The second-order valence-electron chi connectivity index (χ2n) is 7.82. The number of carbonyl (C=O) groups excluding carboxylic acids is 2. The molecular formula is C23H26N4O3. The maximum Gasteiger partial charge on any atom is 0.309 e. The lowest BCUT2D eigenvalue weighted by Gasteiger charge is -2.22. The lowest BCUT2D eigenvalue weighted by molar-refractivity contribution is -0.145. The third-order valence-corrected chi connectivity index (χ3v) is 5.63. The highest BCUT2D eigenvalue weighted by Crippen LogP contribution is 2.40. The molecular weight excluding hydrogens is 380 g/mol. The number of nitrogens with zero attached hydrogens (tertiary/aromatic N) is 4. The lowest BCUT2D eigenvalue weighted by atomic mass is 10.1. The molecule has 4 rings (SSSR count). The second kappa shape index (κ2) is 8.26. The first kappa shape index (κ1) is 20.1. The van der Waals surface area contributed by atoms with Gasteiger partial charge in [-0.25, -0.2) is 0 Å². The van der Waals surface area contributed by atoms with Gasteiger partial charge in [0.05, 0.1) is 35.8 Å². The van der Waals surface area contributed by atoms with E-state index in [2.05, 4.69) is 10.1 Å². The summed E-state index contributed by atoms with van der Waals surface area (Å²) in [5.74, 6) is -0.287. The molecule has 7 nitrogen and oxygen atoms in total. The number of para-hydroxylation sites is 1. The van der Waals surface area contributed by atoms with Crippen molar-refractivity contribution in [2.75, 3.05) is 13.2 Å². The summed E-state index contributed by atoms with van der Waals surface area (Å²) in [7, 11) is 1.89. The molecule has 1 aliphatic carbocycles. The minimum absolute atomic E-state index is 0.0999. The van der Waals surface area contributed by atoms with E-state index in [0.29, 0.717) is 30.8 Å². The molecule has 0 radical (unpaired) electrons. The van der Waals surface area contributed by atoms with Crippen molar-refractivity contribution in [3.05, 3.63) is 59.5 Å². The van der Waals surface area contributed by atoms with Crippen LogP contribution < -0.4 is 0 Å². The first-order valence-electron chi connectivity index (χ1n) is 10.3. The van der Waals surface area contributed by atoms with Crippen LogP contribution in [-0.2, 0) is 23.1 Å². The van der Waals surface area contributed by atoms with E-state index >= 15 is 0 Å². The molecule has 0 aliphatic heterocycles. The first-order valence-corrected chi connectivity index (χ1v) is 10.3. The number of aromatic nitrogens is 3. The van der Waals surface area contributed by atoms with Crippen molar-refractivity contribution in [2.45, 2.75) is 26.8 Å². The number of pyridine rings is 1. The minimum atomic E-state index is -0.171. The molecule has 0 bridgehead atoms. The van der Waals surface area contributed by atoms with Crippen molar-refractivity contribution in [1.29, 1.82) is 0 Å². The van der Waals surface area contributed by atoms with Crippen LogP contribution in [0, 0.1) is 18.8 Å². The van der Waals surface area contributed by atoms with Crippen LogP contribution in [0.25, 0.3) is 10.9 Å². The van der Waals surface area contributed by atoms with E-state index in [1.807, 2.05) is 57.3 Å². The number of benzene rings is 1. The highest BCUT2D eigenvalue weighted by Gasteiger charge is 2.45. The van der Waals surface area contributed by atoms with Gasteiger partial charge in [-0.1, -0.05) is 18.2 Å². The molecule has 0 saturated heterocycles. The summed E-state index contributed by atoms with van der Waals surface area (Å²) in [6.07, 6.45) is 2.45. The van der Waals surface area contributed by atoms with Crippen LogP contribution in [-0.4, -0.2) is 44.7 Å². The monoisotopic (exact) mass is 406 g/mol. The van der Waals surface area contributed by atoms with Gasteiger partial charge in [0.1, 0.15) is 0 Å². The number of carbonyl (C=O) groups is 2. The Labute approximate surface area is 175 Å². The molecule has 7 heteroatoms. The minimum Gasteiger partial charge on any atom is -0.466 e. The van der Waals surface area contributed by atoms with Crippen LogP contribution in [0.5, 0.6) is 0 Å². The number of amides is 1. The molecule has 0 N–H and O–H groups in total. The summed E-state index contributed by atoms with van der Waals surface area (Å²) in [5, 5.41) is 5.44. The summed E-state index contributed by atoms with van der Waals surface area (Å²) in [4.78, 5) is 31.8. The van der Waals surface area contributed by atoms with E-state index in [1.54, 1.807) is 15.8 Å². The number of esters is 1. The van der Waals surface area contributed by atoms with Crippen molar-refractivity contribution in [3.63, 3.8) is 0 Å². The topological polar surface area (TPSA) is 77.3 Å². The van der Waals surface area contributed by atoms with E-state index in [9.17, 15) is 9.59 Å². The quantitative estimate of drug-likeness (QED) is 0.564. The average Bonchev–Trinajstić information content (AvgIpc) is 3.44. The van der Waals surface area contributed by atoms with Gasteiger partial charge in [0.2, 0.25) is 0 Å². The summed E-state index contributed by atoms with van der Waals surface area (Å²) in [6, 6.07) is 11.4. The highest BCUT2D eigenvalue weighted by molar-refractivity contribution is 6.05. The van der Waals surface area contributed by atoms with E-state index in [1.165, 1.54) is 0 Å². The summed E-state index contributed by atoms with van der Waals surface area (Å²) in [5.41, 5.74) is 3.10. The fraction of sp³-hybridized carbons (Fsp3) is 0.391. The third kappa shape index (κ3) is 4.06. The number of hydrogen-bond donors (Lipinski definition) is 0. The van der Waals surface area contributed by atoms with Crippen molar-refractivity contribution in [2.24, 2.45) is 18.9 Å². The zero-order chi connectivity index (χ0) is 21.3. The maximum absolute atomic E-state index is 13.6. The zero-order valence-electron chi connectivity index (χ0n) is 17.5. The number of rotatable bonds is 7. The molecule has 156 valence electrons. The van der Waals surface area contributed by atoms with Crippen molar-refractivity contribution in [1.82, 2.24) is 19.7 Å². The summed E-state index contributed by atoms with van der Waals surface area (Å²) in [6.45, 7) is 5.04. The van der Waals surface area contributed by atoms with Gasteiger partial charge in [0.15, 0.2) is 0 Å². The first-order chi connectivity index (χ1) is 14.5. The van der Waals surface area contributed by atoms with Gasteiger partial charge in [-0.05, 0) is 44.4 Å². The predicted octanol–water partition coefficient (Wildman–Crippen LogP) is 3.12. The average molecular weight is 406 g/mol. The van der Waals surface area contributed by atoms with E-state index in [-0.39, 0.29) is 23.7 Å². The standard InChI is InChI=1S/C23H26N4O3/c1-4-30-23(29)20-12-17(20)13-27(14-18-11-15(2)26(3)25-18)22(28)19-9-5-7-16-8-6-10-24-21(16)19/h5-11,17,20H,4,12-14H2,1-3H3/t17-,20+/m0/s1. The van der Waals surface area contributed by atoms with Gasteiger partial charge in [0, 0.05) is 30.9 Å². The predicted molar refractivity (Wildman–Crippen MR) is 113 cm³/mol. The fourth-order valence-electron chi connectivity index (χ4n) is 3.84. The van der Waals surface area contributed by atoms with Gasteiger partial charge >= 0.3 is 5.97 Å². The van der Waals surface area contributed by atoms with E-state index in [0.717, 1.165) is 23.2 Å². The molecule has 1 fully saturated rings. The van der Waals surface area contributed by atoms with Crippen LogP contribution in [0.1, 0.15) is 35.1 Å². The third-order valence-electron chi connectivity index (χ3n) is 5.63. The Morgan fingerprint density at radius 3 is 2.80 bits per heavy atom. The molecule has 2 aromatic heterocycles. The normalized spacial score (nSPS) is 17.7. The molecule has 1 aliphatic rings. The van der Waals surface area contributed by atoms with Crippen LogP contribution in [0.15, 0.2) is 42.6 Å². The van der Waals surface area contributed by atoms with Gasteiger partial charge in [-0.2, -0.15) is 5.10 Å². The maximum atomic E-state index is 13.6. The van der Waals surface area contributed by atoms with Gasteiger partial charge in [-0.3, -0.25) is 19.3 Å². The van der Waals surface area contributed by atoms with Crippen LogP contribution in [0.2, 0.25) is 0 Å². The van der Waals surface area contributed by atoms with Crippen LogP contribution in [0.3, 0.4) is 0 Å². The molecule has 1 amide bonds. The summed E-state index contributed by atoms with van der Waals surface area (Å²) >= 11 is 0. The molecule has 2 atom stereocenters. The molecule has 1 saturated carbocycles. The molecule has 0 spiro atoms. The van der Waals surface area contributed by atoms with Gasteiger partial charge < -0.3 is 9.64 Å². The van der Waals surface area contributed by atoms with Crippen molar-refractivity contribution in [3.8, 4) is 0 Å². The Hall–Kier alpha value is -3.22. The Kier molecular flexibility index (Phi) is 5.53. The van der Waals surface area contributed by atoms with E-state index in [4.69, 9.17) is 4.74 Å². The Balaban J connectivity index is 1.61. The molecule has 30 heavy (non-hydrogen) atoms. The molecule has 0 unspecified atom stereocenters. The van der Waals surface area contributed by atoms with Gasteiger partial charge in [-0.15, -0.1) is 0 Å². The number of hydrogen-bond acceptors (Lipinski definition) is 5. The van der Waals surface area contributed by atoms with Crippen molar-refractivity contribution >= 4 is 22.8 Å². The summed E-state index contributed by atoms with van der Waals surface area (Å²) < 4.78 is 6.95. The highest BCUT2D eigenvalue weighted by atomic mass is 16.5. The van der Waals surface area contributed by atoms with Crippen LogP contribution >= 0.6 is 0 Å². The number of aryl methyl sites for hydroxylation is 2. The zero-order valence-corrected chi connectivity index (χ0v) is 17.5. The number of fused-ring (bicyclic) bond motifs is 1. The smallest absolute Gasteiger partial charge is 0.309 e.